The second-order valence-corrected chi connectivity index (χ2v) is 4.87. The van der Waals surface area contributed by atoms with Gasteiger partial charge < -0.3 is 14.6 Å². The van der Waals surface area contributed by atoms with Gasteiger partial charge in [-0.3, -0.25) is 0 Å². The zero-order valence-electron chi connectivity index (χ0n) is 9.75. The quantitative estimate of drug-likeness (QED) is 0.720. The van der Waals surface area contributed by atoms with E-state index in [0.29, 0.717) is 0 Å². The Labute approximate surface area is 96.2 Å². The van der Waals surface area contributed by atoms with Gasteiger partial charge in [0, 0.05) is 12.3 Å². The van der Waals surface area contributed by atoms with Gasteiger partial charge in [-0.15, -0.1) is 0 Å². The highest BCUT2D eigenvalue weighted by Gasteiger charge is 2.02. The van der Waals surface area contributed by atoms with Crippen molar-refractivity contribution in [2.75, 3.05) is 33.4 Å². The molecule has 0 unspecified atom stereocenters. The van der Waals surface area contributed by atoms with Gasteiger partial charge in [-0.25, -0.2) is 0 Å². The molecule has 0 fully saturated rings. The molecule has 0 saturated carbocycles. The van der Waals surface area contributed by atoms with Crippen LogP contribution in [0.5, 0.6) is 0 Å². The van der Waals surface area contributed by atoms with E-state index in [1.165, 1.54) is 0 Å². The molecule has 0 aliphatic rings. The lowest BCUT2D eigenvalue weighted by molar-refractivity contribution is 0.344. The molecule has 0 aliphatic heterocycles. The van der Waals surface area contributed by atoms with Gasteiger partial charge in [0.05, 0.1) is 12.3 Å². The first kappa shape index (κ1) is 12.6. The minimum Gasteiger partial charge on any atom is -0.464 e. The zero-order valence-corrected chi connectivity index (χ0v) is 10.6. The van der Waals surface area contributed by atoms with Crippen molar-refractivity contribution < 1.29 is 4.42 Å². The highest BCUT2D eigenvalue weighted by molar-refractivity contribution is 7.98. The van der Waals surface area contributed by atoms with Crippen molar-refractivity contribution in [1.82, 2.24) is 10.2 Å². The lowest BCUT2D eigenvalue weighted by Crippen LogP contribution is -2.10. The summed E-state index contributed by atoms with van der Waals surface area (Å²) in [5, 5.41) is 3.13. The molecule has 0 atom stereocenters. The average Bonchev–Trinajstić information content (AvgIpc) is 2.59. The molecule has 1 N–H and O–H groups in total. The van der Waals surface area contributed by atoms with Crippen LogP contribution in [0.3, 0.4) is 0 Å². The van der Waals surface area contributed by atoms with Crippen molar-refractivity contribution in [2.24, 2.45) is 0 Å². The molecule has 0 saturated heterocycles. The Morgan fingerprint density at radius 2 is 2.07 bits per heavy atom. The van der Waals surface area contributed by atoms with E-state index in [2.05, 4.69) is 22.3 Å². The number of nitrogens with one attached hydrogen (secondary N) is 1. The van der Waals surface area contributed by atoms with E-state index in [0.717, 1.165) is 36.1 Å². The molecule has 1 heterocycles. The molecular weight excluding hydrogens is 208 g/mol. The van der Waals surface area contributed by atoms with Gasteiger partial charge in [-0.1, -0.05) is 0 Å². The summed E-state index contributed by atoms with van der Waals surface area (Å²) in [4.78, 5) is 2.11. The van der Waals surface area contributed by atoms with E-state index in [1.54, 1.807) is 0 Å². The Hall–Kier alpha value is -0.450. The maximum Gasteiger partial charge on any atom is 0.118 e. The third-order valence-corrected chi connectivity index (χ3v) is 2.91. The van der Waals surface area contributed by atoms with Gasteiger partial charge >= 0.3 is 0 Å². The molecule has 0 spiro atoms. The van der Waals surface area contributed by atoms with Crippen LogP contribution < -0.4 is 5.32 Å². The predicted molar refractivity (Wildman–Crippen MR) is 66.2 cm³/mol. The molecular formula is C11H20N2OS. The first-order chi connectivity index (χ1) is 7.22. The molecule has 0 aromatic carbocycles. The Morgan fingerprint density at radius 3 is 2.73 bits per heavy atom. The minimum absolute atomic E-state index is 0.876. The Morgan fingerprint density at radius 1 is 1.33 bits per heavy atom. The van der Waals surface area contributed by atoms with Crippen LogP contribution in [-0.2, 0) is 12.3 Å². The number of furan rings is 1. The molecule has 0 radical (unpaired) electrons. The Kier molecular flexibility index (Phi) is 5.83. The van der Waals surface area contributed by atoms with Crippen LogP contribution in [0.2, 0.25) is 0 Å². The van der Waals surface area contributed by atoms with Gasteiger partial charge in [-0.2, -0.15) is 11.8 Å². The Balaban J connectivity index is 2.26. The standard InChI is InChI=1S/C11H20N2OS/c1-12-6-7-15-9-11-5-4-10(14-11)8-13(2)3/h4-5,12H,6-9H2,1-3H3. The van der Waals surface area contributed by atoms with Gasteiger partial charge in [-0.05, 0) is 33.3 Å². The van der Waals surface area contributed by atoms with Crippen molar-refractivity contribution in [3.05, 3.63) is 23.7 Å². The fourth-order valence-electron chi connectivity index (χ4n) is 1.24. The molecule has 0 aliphatic carbocycles. The van der Waals surface area contributed by atoms with Crippen LogP contribution in [0.25, 0.3) is 0 Å². The lowest BCUT2D eigenvalue weighted by Gasteiger charge is -2.05. The average molecular weight is 228 g/mol. The SMILES string of the molecule is CNCCSCc1ccc(CN(C)C)o1. The largest absolute Gasteiger partial charge is 0.464 e. The number of thioether (sulfide) groups is 1. The third-order valence-electron chi connectivity index (χ3n) is 1.93. The summed E-state index contributed by atoms with van der Waals surface area (Å²) >= 11 is 1.89. The molecule has 86 valence electrons. The summed E-state index contributed by atoms with van der Waals surface area (Å²) in [6, 6.07) is 4.14. The second-order valence-electron chi connectivity index (χ2n) is 3.76. The second kappa shape index (κ2) is 6.93. The van der Waals surface area contributed by atoms with Crippen LogP contribution in [0.1, 0.15) is 11.5 Å². The van der Waals surface area contributed by atoms with Crippen molar-refractivity contribution in [3.8, 4) is 0 Å². The van der Waals surface area contributed by atoms with Crippen LogP contribution >= 0.6 is 11.8 Å². The molecule has 0 bridgehead atoms. The summed E-state index contributed by atoms with van der Waals surface area (Å²) in [7, 11) is 6.07. The van der Waals surface area contributed by atoms with E-state index in [-0.39, 0.29) is 0 Å². The molecule has 1 aromatic heterocycles. The monoisotopic (exact) mass is 228 g/mol. The van der Waals surface area contributed by atoms with E-state index in [4.69, 9.17) is 4.42 Å². The summed E-state index contributed by atoms with van der Waals surface area (Å²) in [6.45, 7) is 1.93. The third kappa shape index (κ3) is 5.25. The zero-order chi connectivity index (χ0) is 11.1. The highest BCUT2D eigenvalue weighted by atomic mass is 32.2. The van der Waals surface area contributed by atoms with E-state index >= 15 is 0 Å². The van der Waals surface area contributed by atoms with Gasteiger partial charge in [0.25, 0.3) is 0 Å². The summed E-state index contributed by atoms with van der Waals surface area (Å²) in [5.41, 5.74) is 0. The first-order valence-corrected chi connectivity index (χ1v) is 6.32. The number of hydrogen-bond acceptors (Lipinski definition) is 4. The maximum absolute atomic E-state index is 5.69. The smallest absolute Gasteiger partial charge is 0.118 e. The Bertz CT molecular complexity index is 273. The summed E-state index contributed by atoms with van der Waals surface area (Å²) < 4.78 is 5.69. The molecule has 15 heavy (non-hydrogen) atoms. The summed E-state index contributed by atoms with van der Waals surface area (Å²) in [6.07, 6.45) is 0. The van der Waals surface area contributed by atoms with Gasteiger partial charge in [0.15, 0.2) is 0 Å². The molecule has 0 amide bonds. The van der Waals surface area contributed by atoms with Crippen LogP contribution in [-0.4, -0.2) is 38.3 Å². The van der Waals surface area contributed by atoms with Gasteiger partial charge in [0.2, 0.25) is 0 Å². The van der Waals surface area contributed by atoms with Crippen molar-refractivity contribution >= 4 is 11.8 Å². The predicted octanol–water partition coefficient (Wildman–Crippen LogP) is 1.79. The number of hydrogen-bond donors (Lipinski definition) is 1. The fourth-order valence-corrected chi connectivity index (χ4v) is 2.09. The van der Waals surface area contributed by atoms with E-state index < -0.39 is 0 Å². The highest BCUT2D eigenvalue weighted by Crippen LogP contribution is 2.15. The van der Waals surface area contributed by atoms with Crippen molar-refractivity contribution in [3.63, 3.8) is 0 Å². The molecule has 1 aromatic rings. The van der Waals surface area contributed by atoms with Crippen molar-refractivity contribution in [2.45, 2.75) is 12.3 Å². The lowest BCUT2D eigenvalue weighted by atomic mass is 10.4. The number of rotatable bonds is 7. The minimum atomic E-state index is 0.876. The molecule has 4 heteroatoms. The van der Waals surface area contributed by atoms with Crippen LogP contribution in [0.4, 0.5) is 0 Å². The van der Waals surface area contributed by atoms with Gasteiger partial charge in [0.1, 0.15) is 11.5 Å². The molecule has 1 rings (SSSR count). The fraction of sp³-hybridized carbons (Fsp3) is 0.636. The van der Waals surface area contributed by atoms with Crippen LogP contribution in [0.15, 0.2) is 16.5 Å². The van der Waals surface area contributed by atoms with Crippen molar-refractivity contribution in [1.29, 1.82) is 0 Å². The van der Waals surface area contributed by atoms with Crippen LogP contribution in [0, 0.1) is 0 Å². The van der Waals surface area contributed by atoms with E-state index in [1.807, 2.05) is 32.9 Å². The van der Waals surface area contributed by atoms with E-state index in [9.17, 15) is 0 Å². The topological polar surface area (TPSA) is 28.4 Å². The number of nitrogens with zero attached hydrogens (tertiary/aromatic N) is 1. The normalized spacial score (nSPS) is 11.2. The maximum atomic E-state index is 5.69. The molecule has 3 nitrogen and oxygen atoms in total. The first-order valence-electron chi connectivity index (χ1n) is 5.17. The summed E-state index contributed by atoms with van der Waals surface area (Å²) in [5.74, 6) is 4.21.